The minimum atomic E-state index is -0.428. The van der Waals surface area contributed by atoms with E-state index < -0.39 is 5.25 Å². The number of thioether (sulfide) groups is 1. The average molecular weight is 370 g/mol. The number of aromatic nitrogens is 4. The van der Waals surface area contributed by atoms with Gasteiger partial charge in [0.25, 0.3) is 0 Å². The molecular weight excluding hydrogens is 356 g/mol. The molecule has 9 heteroatoms. The van der Waals surface area contributed by atoms with E-state index in [4.69, 9.17) is 5.26 Å². The molecule has 0 saturated carbocycles. The molecule has 0 aliphatic rings. The van der Waals surface area contributed by atoms with Crippen molar-refractivity contribution in [3.8, 4) is 11.8 Å². The number of hydrogen-bond acceptors (Lipinski definition) is 7. The Labute approximate surface area is 152 Å². The molecule has 0 radical (unpaired) electrons. The van der Waals surface area contributed by atoms with Crippen LogP contribution in [-0.2, 0) is 4.79 Å². The Bertz CT molecular complexity index is 942. The molecule has 126 valence electrons. The Balaban J connectivity index is 1.75. The maximum absolute atomic E-state index is 12.4. The highest BCUT2D eigenvalue weighted by Crippen LogP contribution is 2.27. The van der Waals surface area contributed by atoms with Gasteiger partial charge in [0.15, 0.2) is 0 Å². The molecule has 0 bridgehead atoms. The molecule has 0 fully saturated rings. The standard InChI is InChI=1S/C16H14N6OS2/c1-10-5-3-4-6-13(10)22-16(19-20-21-22)25-11(2)14(23)18-15-12(9-17)7-8-24-15/h3-8,11H,1-2H3,(H,18,23)/t11-/m1/s1. The molecule has 0 saturated heterocycles. The van der Waals surface area contributed by atoms with Crippen molar-refractivity contribution in [1.82, 2.24) is 20.2 Å². The van der Waals surface area contributed by atoms with Gasteiger partial charge in [-0.1, -0.05) is 30.0 Å². The van der Waals surface area contributed by atoms with Gasteiger partial charge in [-0.15, -0.1) is 16.4 Å². The molecule has 0 aliphatic carbocycles. The van der Waals surface area contributed by atoms with E-state index in [1.165, 1.54) is 23.1 Å². The van der Waals surface area contributed by atoms with Gasteiger partial charge in [0.05, 0.1) is 16.5 Å². The quantitative estimate of drug-likeness (QED) is 0.694. The average Bonchev–Trinajstić information content (AvgIpc) is 3.24. The van der Waals surface area contributed by atoms with Gasteiger partial charge in [0, 0.05) is 0 Å². The number of carbonyl (C=O) groups excluding carboxylic acids is 1. The normalized spacial score (nSPS) is 11.7. The Kier molecular flexibility index (Phi) is 5.11. The van der Waals surface area contributed by atoms with E-state index in [2.05, 4.69) is 26.9 Å². The lowest BCUT2D eigenvalue weighted by Gasteiger charge is -2.11. The second-order valence-electron chi connectivity index (χ2n) is 5.18. The van der Waals surface area contributed by atoms with Crippen LogP contribution >= 0.6 is 23.1 Å². The lowest BCUT2D eigenvalue weighted by Crippen LogP contribution is -2.22. The van der Waals surface area contributed by atoms with Crippen LogP contribution in [0, 0.1) is 18.3 Å². The Morgan fingerprint density at radius 1 is 1.40 bits per heavy atom. The second kappa shape index (κ2) is 7.46. The van der Waals surface area contributed by atoms with Crippen LogP contribution in [0.5, 0.6) is 0 Å². The molecule has 1 atom stereocenters. The van der Waals surface area contributed by atoms with Crippen LogP contribution in [0.15, 0.2) is 40.9 Å². The lowest BCUT2D eigenvalue weighted by atomic mass is 10.2. The number of tetrazole rings is 1. The highest BCUT2D eigenvalue weighted by atomic mass is 32.2. The van der Waals surface area contributed by atoms with Crippen LogP contribution in [0.25, 0.3) is 5.69 Å². The number of hydrogen-bond donors (Lipinski definition) is 1. The Hall–Kier alpha value is -2.70. The third kappa shape index (κ3) is 3.70. The number of aryl methyl sites for hydroxylation is 1. The molecule has 3 rings (SSSR count). The molecular formula is C16H14N6OS2. The fourth-order valence-electron chi connectivity index (χ4n) is 2.12. The number of nitriles is 1. The predicted octanol–water partition coefficient (Wildman–Crippen LogP) is 3.02. The van der Waals surface area contributed by atoms with Gasteiger partial charge in [0.1, 0.15) is 11.1 Å². The smallest absolute Gasteiger partial charge is 0.238 e. The third-order valence-corrected chi connectivity index (χ3v) is 5.32. The molecule has 2 heterocycles. The van der Waals surface area contributed by atoms with Gasteiger partial charge < -0.3 is 5.32 Å². The first-order valence-corrected chi connectivity index (χ1v) is 9.15. The van der Waals surface area contributed by atoms with Crippen LogP contribution < -0.4 is 5.32 Å². The first-order valence-electron chi connectivity index (χ1n) is 7.39. The van der Waals surface area contributed by atoms with Gasteiger partial charge in [0.2, 0.25) is 11.1 Å². The number of anilines is 1. The molecule has 2 aromatic heterocycles. The molecule has 0 unspecified atom stereocenters. The number of rotatable bonds is 5. The summed E-state index contributed by atoms with van der Waals surface area (Å²) in [4.78, 5) is 12.4. The van der Waals surface area contributed by atoms with Crippen molar-refractivity contribution in [1.29, 1.82) is 5.26 Å². The molecule has 1 N–H and O–H groups in total. The van der Waals surface area contributed by atoms with Crippen LogP contribution in [0.4, 0.5) is 5.00 Å². The van der Waals surface area contributed by atoms with Crippen molar-refractivity contribution in [2.24, 2.45) is 0 Å². The minimum absolute atomic E-state index is 0.205. The van der Waals surface area contributed by atoms with E-state index in [9.17, 15) is 4.79 Å². The van der Waals surface area contributed by atoms with E-state index in [-0.39, 0.29) is 5.91 Å². The highest BCUT2D eigenvalue weighted by Gasteiger charge is 2.21. The molecule has 7 nitrogen and oxygen atoms in total. The van der Waals surface area contributed by atoms with E-state index in [0.717, 1.165) is 11.3 Å². The summed E-state index contributed by atoms with van der Waals surface area (Å²) in [5.74, 6) is -0.205. The summed E-state index contributed by atoms with van der Waals surface area (Å²) in [6, 6.07) is 11.5. The van der Waals surface area contributed by atoms with Gasteiger partial charge in [-0.2, -0.15) is 9.94 Å². The highest BCUT2D eigenvalue weighted by molar-refractivity contribution is 8.00. The zero-order valence-electron chi connectivity index (χ0n) is 13.5. The van der Waals surface area contributed by atoms with Crippen LogP contribution in [0.2, 0.25) is 0 Å². The zero-order valence-corrected chi connectivity index (χ0v) is 15.1. The number of para-hydroxylation sites is 1. The number of nitrogens with zero attached hydrogens (tertiary/aromatic N) is 5. The first-order chi connectivity index (χ1) is 12.1. The monoisotopic (exact) mass is 370 g/mol. The van der Waals surface area contributed by atoms with Crippen molar-refractivity contribution >= 4 is 34.0 Å². The summed E-state index contributed by atoms with van der Waals surface area (Å²) in [5, 5.41) is 26.0. The summed E-state index contributed by atoms with van der Waals surface area (Å²) in [6.07, 6.45) is 0. The van der Waals surface area contributed by atoms with Gasteiger partial charge in [-0.3, -0.25) is 4.79 Å². The van der Waals surface area contributed by atoms with Crippen molar-refractivity contribution in [2.45, 2.75) is 24.3 Å². The van der Waals surface area contributed by atoms with Gasteiger partial charge in [-0.25, -0.2) is 0 Å². The number of nitrogens with one attached hydrogen (secondary N) is 1. The maximum atomic E-state index is 12.4. The number of amides is 1. The van der Waals surface area contributed by atoms with Gasteiger partial charge in [-0.05, 0) is 47.4 Å². The molecule has 0 aliphatic heterocycles. The predicted molar refractivity (Wildman–Crippen MR) is 96.9 cm³/mol. The van der Waals surface area contributed by atoms with Crippen LogP contribution in [0.3, 0.4) is 0 Å². The largest absolute Gasteiger partial charge is 0.316 e. The summed E-state index contributed by atoms with van der Waals surface area (Å²) >= 11 is 2.58. The second-order valence-corrected chi connectivity index (χ2v) is 7.41. The topological polar surface area (TPSA) is 96.5 Å². The first kappa shape index (κ1) is 17.1. The fourth-order valence-corrected chi connectivity index (χ4v) is 3.66. The van der Waals surface area contributed by atoms with E-state index in [0.29, 0.717) is 15.7 Å². The number of carbonyl (C=O) groups is 1. The Morgan fingerprint density at radius 3 is 2.96 bits per heavy atom. The molecule has 3 aromatic rings. The summed E-state index contributed by atoms with van der Waals surface area (Å²) in [5.41, 5.74) is 2.36. The van der Waals surface area contributed by atoms with Crippen molar-refractivity contribution < 1.29 is 4.79 Å². The SMILES string of the molecule is Cc1ccccc1-n1nnnc1S[C@H](C)C(=O)Nc1sccc1C#N. The molecule has 1 amide bonds. The summed E-state index contributed by atoms with van der Waals surface area (Å²) in [6.45, 7) is 3.75. The fraction of sp³-hybridized carbons (Fsp3) is 0.188. The van der Waals surface area contributed by atoms with Crippen LogP contribution in [-0.4, -0.2) is 31.4 Å². The minimum Gasteiger partial charge on any atom is -0.316 e. The summed E-state index contributed by atoms with van der Waals surface area (Å²) < 4.78 is 1.62. The van der Waals surface area contributed by atoms with Crippen molar-refractivity contribution in [3.63, 3.8) is 0 Å². The van der Waals surface area contributed by atoms with Gasteiger partial charge >= 0.3 is 0 Å². The third-order valence-electron chi connectivity index (χ3n) is 3.46. The number of thiophene rings is 1. The van der Waals surface area contributed by atoms with Crippen LogP contribution in [0.1, 0.15) is 18.1 Å². The molecule has 0 spiro atoms. The van der Waals surface area contributed by atoms with Crippen molar-refractivity contribution in [2.75, 3.05) is 5.32 Å². The lowest BCUT2D eigenvalue weighted by molar-refractivity contribution is -0.115. The Morgan fingerprint density at radius 2 is 2.20 bits per heavy atom. The summed E-state index contributed by atoms with van der Waals surface area (Å²) in [7, 11) is 0. The van der Waals surface area contributed by atoms with E-state index in [1.54, 1.807) is 23.1 Å². The van der Waals surface area contributed by atoms with E-state index in [1.807, 2.05) is 31.2 Å². The maximum Gasteiger partial charge on any atom is 0.238 e. The zero-order chi connectivity index (χ0) is 17.8. The van der Waals surface area contributed by atoms with E-state index >= 15 is 0 Å². The molecule has 25 heavy (non-hydrogen) atoms. The molecule has 1 aromatic carbocycles. The number of benzene rings is 1. The van der Waals surface area contributed by atoms with Crippen molar-refractivity contribution in [3.05, 3.63) is 46.8 Å².